The molecular weight excluding hydrogens is 327 g/mol. The number of anilines is 3. The van der Waals surface area contributed by atoms with Crippen LogP contribution in [0.3, 0.4) is 0 Å². The molecule has 104 valence electrons. The van der Waals surface area contributed by atoms with Crippen LogP contribution in [-0.2, 0) is 0 Å². The zero-order valence-corrected chi connectivity index (χ0v) is 12.2. The molecule has 0 saturated carbocycles. The Hall–Kier alpha value is -2.08. The van der Waals surface area contributed by atoms with E-state index >= 15 is 0 Å². The van der Waals surface area contributed by atoms with Gasteiger partial charge in [-0.2, -0.15) is 0 Å². The molecule has 2 aromatic carbocycles. The number of rotatable bonds is 3. The van der Waals surface area contributed by atoms with Crippen LogP contribution in [0.4, 0.5) is 21.5 Å². The van der Waals surface area contributed by atoms with Crippen molar-refractivity contribution in [3.8, 4) is 0 Å². The maximum atomic E-state index is 13.9. The van der Waals surface area contributed by atoms with E-state index in [1.54, 1.807) is 6.07 Å². The van der Waals surface area contributed by atoms with Crippen molar-refractivity contribution in [2.75, 3.05) is 11.1 Å². The normalized spacial score (nSPS) is 10.3. The maximum absolute atomic E-state index is 13.9. The van der Waals surface area contributed by atoms with Gasteiger partial charge in [0.1, 0.15) is 5.82 Å². The summed E-state index contributed by atoms with van der Waals surface area (Å²) >= 11 is 3.40. The van der Waals surface area contributed by atoms with Crippen molar-refractivity contribution in [1.29, 1.82) is 0 Å². The van der Waals surface area contributed by atoms with Crippen LogP contribution < -0.4 is 11.1 Å². The number of carbonyl (C=O) groups is 1. The molecule has 0 atom stereocenters. The van der Waals surface area contributed by atoms with Gasteiger partial charge in [0.15, 0.2) is 0 Å². The first kappa shape index (κ1) is 14.3. The van der Waals surface area contributed by atoms with Crippen molar-refractivity contribution in [3.63, 3.8) is 0 Å². The Labute approximate surface area is 123 Å². The molecule has 4 nitrogen and oxygen atoms in total. The summed E-state index contributed by atoms with van der Waals surface area (Å²) < 4.78 is 14.6. The molecular formula is C14H12BrFN2O2. The molecule has 4 N–H and O–H groups in total. The Kier molecular flexibility index (Phi) is 3.94. The summed E-state index contributed by atoms with van der Waals surface area (Å²) in [5.74, 6) is -1.81. The lowest BCUT2D eigenvalue weighted by molar-refractivity contribution is 0.0698. The summed E-state index contributed by atoms with van der Waals surface area (Å²) in [5.41, 5.74) is 6.91. The number of aryl methyl sites for hydroxylation is 1. The second-order valence-electron chi connectivity index (χ2n) is 4.29. The van der Waals surface area contributed by atoms with Crippen molar-refractivity contribution in [3.05, 3.63) is 51.7 Å². The molecule has 0 amide bonds. The van der Waals surface area contributed by atoms with Gasteiger partial charge in [-0.3, -0.25) is 0 Å². The Bertz CT molecular complexity index is 689. The van der Waals surface area contributed by atoms with Gasteiger partial charge in [0, 0.05) is 10.2 Å². The highest BCUT2D eigenvalue weighted by molar-refractivity contribution is 9.10. The van der Waals surface area contributed by atoms with Gasteiger partial charge in [0.05, 0.1) is 16.9 Å². The van der Waals surface area contributed by atoms with Gasteiger partial charge in [-0.1, -0.05) is 12.1 Å². The number of nitrogens with two attached hydrogens (primary N) is 1. The summed E-state index contributed by atoms with van der Waals surface area (Å²) in [6, 6.07) is 7.65. The standard InChI is InChI=1S/C14H12BrFN2O2/c1-7-3-2-4-11(13(7)15)18-12-5-8(14(19)20)10(17)6-9(12)16/h2-6,18H,17H2,1H3,(H,19,20). The van der Waals surface area contributed by atoms with E-state index in [-0.39, 0.29) is 16.9 Å². The van der Waals surface area contributed by atoms with Gasteiger partial charge in [-0.05, 0) is 46.6 Å². The highest BCUT2D eigenvalue weighted by Gasteiger charge is 2.14. The third kappa shape index (κ3) is 2.75. The minimum absolute atomic E-state index is 0.0582. The maximum Gasteiger partial charge on any atom is 0.337 e. The van der Waals surface area contributed by atoms with Crippen molar-refractivity contribution < 1.29 is 14.3 Å². The van der Waals surface area contributed by atoms with Crippen LogP contribution in [0.25, 0.3) is 0 Å². The monoisotopic (exact) mass is 338 g/mol. The first-order valence-electron chi connectivity index (χ1n) is 5.74. The predicted octanol–water partition coefficient (Wildman–Crippen LogP) is 3.92. The number of nitrogens with one attached hydrogen (secondary N) is 1. The molecule has 0 aromatic heterocycles. The van der Waals surface area contributed by atoms with E-state index in [4.69, 9.17) is 10.8 Å². The summed E-state index contributed by atoms with van der Waals surface area (Å²) in [4.78, 5) is 11.0. The van der Waals surface area contributed by atoms with Gasteiger partial charge in [-0.15, -0.1) is 0 Å². The average Bonchev–Trinajstić information content (AvgIpc) is 2.37. The minimum Gasteiger partial charge on any atom is -0.478 e. The van der Waals surface area contributed by atoms with Crippen molar-refractivity contribution >= 4 is 39.0 Å². The van der Waals surface area contributed by atoms with Crippen molar-refractivity contribution in [1.82, 2.24) is 0 Å². The van der Waals surface area contributed by atoms with Crippen molar-refractivity contribution in [2.45, 2.75) is 6.92 Å². The number of hydrogen-bond donors (Lipinski definition) is 3. The SMILES string of the molecule is Cc1cccc(Nc2cc(C(=O)O)c(N)cc2F)c1Br. The fourth-order valence-corrected chi connectivity index (χ4v) is 2.12. The highest BCUT2D eigenvalue weighted by Crippen LogP contribution is 2.31. The zero-order valence-electron chi connectivity index (χ0n) is 10.6. The molecule has 0 bridgehead atoms. The Balaban J connectivity index is 2.46. The van der Waals surface area contributed by atoms with Crippen molar-refractivity contribution in [2.24, 2.45) is 0 Å². The van der Waals surface area contributed by atoms with Crippen LogP contribution in [-0.4, -0.2) is 11.1 Å². The molecule has 0 saturated heterocycles. The Morgan fingerprint density at radius 2 is 2.05 bits per heavy atom. The lowest BCUT2D eigenvalue weighted by atomic mass is 10.1. The largest absolute Gasteiger partial charge is 0.478 e. The first-order valence-corrected chi connectivity index (χ1v) is 6.54. The topological polar surface area (TPSA) is 75.3 Å². The molecule has 2 aromatic rings. The lowest BCUT2D eigenvalue weighted by Gasteiger charge is -2.12. The third-order valence-electron chi connectivity index (χ3n) is 2.83. The summed E-state index contributed by atoms with van der Waals surface area (Å²) in [7, 11) is 0. The third-order valence-corrected chi connectivity index (χ3v) is 3.88. The van der Waals surface area contributed by atoms with Gasteiger partial charge in [0.25, 0.3) is 0 Å². The first-order chi connectivity index (χ1) is 9.40. The van der Waals surface area contributed by atoms with Crippen LogP contribution in [0.5, 0.6) is 0 Å². The smallest absolute Gasteiger partial charge is 0.337 e. The van der Waals surface area contributed by atoms with Crippen LogP contribution >= 0.6 is 15.9 Å². The molecule has 0 heterocycles. The summed E-state index contributed by atoms with van der Waals surface area (Å²) in [6.07, 6.45) is 0. The van der Waals surface area contributed by atoms with Crippen LogP contribution in [0.2, 0.25) is 0 Å². The zero-order chi connectivity index (χ0) is 14.9. The van der Waals surface area contributed by atoms with Gasteiger partial charge < -0.3 is 16.2 Å². The van der Waals surface area contributed by atoms with E-state index in [0.717, 1.165) is 16.1 Å². The molecule has 0 aliphatic carbocycles. The number of carboxylic acid groups (broad SMARTS) is 1. The molecule has 2 rings (SSSR count). The van der Waals surface area contributed by atoms with E-state index in [0.29, 0.717) is 5.69 Å². The predicted molar refractivity (Wildman–Crippen MR) is 79.9 cm³/mol. The van der Waals surface area contributed by atoms with Crippen LogP contribution in [0.15, 0.2) is 34.8 Å². The number of benzene rings is 2. The molecule has 0 fully saturated rings. The van der Waals surface area contributed by atoms with E-state index in [2.05, 4.69) is 21.2 Å². The molecule has 0 aliphatic heterocycles. The van der Waals surface area contributed by atoms with Gasteiger partial charge >= 0.3 is 5.97 Å². The van der Waals surface area contributed by atoms with E-state index in [1.807, 2.05) is 19.1 Å². The number of nitrogen functional groups attached to an aromatic ring is 1. The molecule has 20 heavy (non-hydrogen) atoms. The second kappa shape index (κ2) is 5.50. The van der Waals surface area contributed by atoms with E-state index in [1.165, 1.54) is 6.07 Å². The molecule has 0 aliphatic rings. The van der Waals surface area contributed by atoms with E-state index < -0.39 is 11.8 Å². The average molecular weight is 339 g/mol. The molecule has 0 radical (unpaired) electrons. The molecule has 6 heteroatoms. The minimum atomic E-state index is -1.20. The van der Waals surface area contributed by atoms with E-state index in [9.17, 15) is 9.18 Å². The second-order valence-corrected chi connectivity index (χ2v) is 5.08. The number of aromatic carboxylic acids is 1. The molecule has 0 spiro atoms. The van der Waals surface area contributed by atoms with Crippen LogP contribution in [0, 0.1) is 12.7 Å². The fraction of sp³-hybridized carbons (Fsp3) is 0.0714. The number of carboxylic acids is 1. The Morgan fingerprint density at radius 3 is 2.70 bits per heavy atom. The quantitative estimate of drug-likeness (QED) is 0.741. The highest BCUT2D eigenvalue weighted by atomic mass is 79.9. The lowest BCUT2D eigenvalue weighted by Crippen LogP contribution is -2.05. The van der Waals surface area contributed by atoms with Crippen LogP contribution in [0.1, 0.15) is 15.9 Å². The fourth-order valence-electron chi connectivity index (χ4n) is 1.76. The Morgan fingerprint density at radius 1 is 1.35 bits per heavy atom. The molecule has 0 unspecified atom stereocenters. The van der Waals surface area contributed by atoms with Gasteiger partial charge in [0.2, 0.25) is 0 Å². The summed E-state index contributed by atoms with van der Waals surface area (Å²) in [5, 5.41) is 11.9. The summed E-state index contributed by atoms with van der Waals surface area (Å²) in [6.45, 7) is 1.90. The van der Waals surface area contributed by atoms with Gasteiger partial charge in [-0.25, -0.2) is 9.18 Å². The number of halogens is 2. The number of hydrogen-bond acceptors (Lipinski definition) is 3.